The molecule has 0 saturated heterocycles. The molecule has 0 aliphatic heterocycles. The molecule has 3 aromatic heterocycles. The van der Waals surface area contributed by atoms with Gasteiger partial charge in [-0.1, -0.05) is 53.7 Å². The molecule has 0 spiro atoms. The predicted molar refractivity (Wildman–Crippen MR) is 119 cm³/mol. The molecule has 0 fully saturated rings. The highest BCUT2D eigenvalue weighted by molar-refractivity contribution is 7.99. The number of aromatic amines is 1. The normalized spacial score (nSPS) is 12.5. The van der Waals surface area contributed by atoms with Crippen LogP contribution in [-0.4, -0.2) is 31.7 Å². The van der Waals surface area contributed by atoms with Gasteiger partial charge < -0.3 is 9.72 Å². The highest BCUT2D eigenvalue weighted by Gasteiger charge is 2.24. The zero-order valence-corrected chi connectivity index (χ0v) is 17.8. The first-order chi connectivity index (χ1) is 14.6. The van der Waals surface area contributed by atoms with Gasteiger partial charge in [0.25, 0.3) is 0 Å². The molecule has 1 N–H and O–H groups in total. The van der Waals surface area contributed by atoms with Crippen LogP contribution in [-0.2, 0) is 0 Å². The van der Waals surface area contributed by atoms with Crippen LogP contribution in [0.15, 0.2) is 66.1 Å². The number of nitrogens with one attached hydrogen (secondary N) is 1. The van der Waals surface area contributed by atoms with Crippen molar-refractivity contribution in [1.82, 2.24) is 24.6 Å². The maximum absolute atomic E-state index is 5.63. The van der Waals surface area contributed by atoms with E-state index in [1.165, 1.54) is 5.56 Å². The first kappa shape index (κ1) is 18.7. The molecule has 2 aromatic carbocycles. The van der Waals surface area contributed by atoms with Gasteiger partial charge in [0.15, 0.2) is 5.16 Å². The number of methoxy groups -OCH3 is 1. The molecule has 5 rings (SSSR count). The summed E-state index contributed by atoms with van der Waals surface area (Å²) in [5, 5.41) is 6.53. The number of fused-ring (bicyclic) bond motifs is 3. The van der Waals surface area contributed by atoms with Gasteiger partial charge in [0.2, 0.25) is 0 Å². The third kappa shape index (κ3) is 3.21. The molecule has 7 heteroatoms. The number of aryl methyl sites for hydroxylation is 2. The van der Waals surface area contributed by atoms with Crippen LogP contribution in [0.1, 0.15) is 27.9 Å². The molecule has 0 amide bonds. The Balaban J connectivity index is 1.80. The van der Waals surface area contributed by atoms with E-state index in [9.17, 15) is 0 Å². The first-order valence-corrected chi connectivity index (χ1v) is 10.6. The summed E-state index contributed by atoms with van der Waals surface area (Å²) in [4.78, 5) is 12.7. The van der Waals surface area contributed by atoms with E-state index in [4.69, 9.17) is 14.8 Å². The second-order valence-corrected chi connectivity index (χ2v) is 8.31. The maximum Gasteiger partial charge on any atom is 0.166 e. The number of para-hydroxylation sites is 1. The smallest absolute Gasteiger partial charge is 0.166 e. The second-order valence-electron chi connectivity index (χ2n) is 7.21. The van der Waals surface area contributed by atoms with Crippen molar-refractivity contribution in [2.45, 2.75) is 24.3 Å². The molecule has 30 heavy (non-hydrogen) atoms. The summed E-state index contributed by atoms with van der Waals surface area (Å²) in [6.07, 6.45) is 3.60. The Morgan fingerprint density at radius 1 is 1.10 bits per heavy atom. The Morgan fingerprint density at radius 2 is 1.93 bits per heavy atom. The molecule has 6 nitrogen and oxygen atoms in total. The van der Waals surface area contributed by atoms with E-state index in [1.54, 1.807) is 25.1 Å². The van der Waals surface area contributed by atoms with Crippen LogP contribution in [0.2, 0.25) is 0 Å². The average molecular weight is 416 g/mol. The van der Waals surface area contributed by atoms with E-state index in [0.29, 0.717) is 0 Å². The van der Waals surface area contributed by atoms with Gasteiger partial charge in [0, 0.05) is 17.8 Å². The van der Waals surface area contributed by atoms with E-state index >= 15 is 0 Å². The number of rotatable bonds is 5. The van der Waals surface area contributed by atoms with Crippen molar-refractivity contribution < 1.29 is 4.74 Å². The van der Waals surface area contributed by atoms with Gasteiger partial charge in [-0.05, 0) is 31.5 Å². The van der Waals surface area contributed by atoms with Crippen molar-refractivity contribution in [1.29, 1.82) is 0 Å². The molecule has 1 atom stereocenters. The van der Waals surface area contributed by atoms with E-state index < -0.39 is 0 Å². The van der Waals surface area contributed by atoms with Crippen molar-refractivity contribution in [2.24, 2.45) is 0 Å². The third-order valence-electron chi connectivity index (χ3n) is 5.09. The van der Waals surface area contributed by atoms with E-state index in [0.717, 1.165) is 44.4 Å². The lowest BCUT2D eigenvalue weighted by Crippen LogP contribution is -2.10. The van der Waals surface area contributed by atoms with Crippen molar-refractivity contribution in [3.05, 3.63) is 83.6 Å². The average Bonchev–Trinajstić information content (AvgIpc) is 3.41. The van der Waals surface area contributed by atoms with Gasteiger partial charge in [-0.25, -0.2) is 14.5 Å². The number of thioether (sulfide) groups is 1. The lowest BCUT2D eigenvalue weighted by atomic mass is 10.1. The molecular weight excluding hydrogens is 394 g/mol. The highest BCUT2D eigenvalue weighted by Crippen LogP contribution is 2.40. The maximum atomic E-state index is 5.63. The Morgan fingerprint density at radius 3 is 2.67 bits per heavy atom. The Bertz CT molecular complexity index is 1330. The van der Waals surface area contributed by atoms with Crippen LogP contribution in [0.4, 0.5) is 0 Å². The number of ether oxygens (including phenoxy) is 1. The van der Waals surface area contributed by atoms with Crippen molar-refractivity contribution >= 4 is 28.2 Å². The number of benzene rings is 2. The Hall–Kier alpha value is -3.32. The van der Waals surface area contributed by atoms with E-state index in [-0.39, 0.29) is 5.25 Å². The monoisotopic (exact) mass is 415 g/mol. The molecule has 150 valence electrons. The van der Waals surface area contributed by atoms with Crippen molar-refractivity contribution in [3.63, 3.8) is 0 Å². The van der Waals surface area contributed by atoms with Crippen LogP contribution in [0.5, 0.6) is 5.75 Å². The fraction of sp³-hybridized carbons (Fsp3) is 0.174. The van der Waals surface area contributed by atoms with Gasteiger partial charge in [-0.2, -0.15) is 5.10 Å². The molecule has 1 unspecified atom stereocenters. The minimum absolute atomic E-state index is 0.104. The number of H-pyrrole nitrogens is 1. The number of nitrogens with zero attached hydrogens (tertiary/aromatic N) is 4. The van der Waals surface area contributed by atoms with E-state index in [1.807, 2.05) is 29.8 Å². The molecule has 0 aliphatic rings. The van der Waals surface area contributed by atoms with Crippen LogP contribution in [0.3, 0.4) is 0 Å². The summed E-state index contributed by atoms with van der Waals surface area (Å²) in [6, 6.07) is 16.6. The molecule has 0 saturated carbocycles. The zero-order valence-electron chi connectivity index (χ0n) is 17.0. The van der Waals surface area contributed by atoms with Crippen LogP contribution in [0.25, 0.3) is 16.4 Å². The fourth-order valence-electron chi connectivity index (χ4n) is 3.64. The Kier molecular flexibility index (Phi) is 4.67. The van der Waals surface area contributed by atoms with Gasteiger partial charge in [0.1, 0.15) is 17.1 Å². The van der Waals surface area contributed by atoms with Gasteiger partial charge in [0.05, 0.1) is 23.6 Å². The summed E-state index contributed by atoms with van der Waals surface area (Å²) >= 11 is 1.62. The standard InChI is InChI=1S/C23H21N5OS/c1-14-7-9-16(10-8-14)21(30-23-24-11-12-25-23)22-26-20-17(5-4-6-19(20)29-3)18-13-15(2)27-28(18)22/h4-13,21H,1-3H3,(H,24,25). The summed E-state index contributed by atoms with van der Waals surface area (Å²) in [5.74, 6) is 1.58. The minimum Gasteiger partial charge on any atom is -0.494 e. The summed E-state index contributed by atoms with van der Waals surface area (Å²) in [6.45, 7) is 4.09. The SMILES string of the molecule is COc1cccc2c1nc(C(Sc1ncc[nH]1)c1ccc(C)cc1)n1nc(C)cc21. The van der Waals surface area contributed by atoms with Crippen LogP contribution in [0, 0.1) is 13.8 Å². The Labute approximate surface area is 178 Å². The first-order valence-electron chi connectivity index (χ1n) is 9.69. The molecule has 3 heterocycles. The van der Waals surface area contributed by atoms with Crippen molar-refractivity contribution in [2.75, 3.05) is 7.11 Å². The summed E-state index contributed by atoms with van der Waals surface area (Å²) in [5.41, 5.74) is 5.15. The summed E-state index contributed by atoms with van der Waals surface area (Å²) < 4.78 is 7.58. The lowest BCUT2D eigenvalue weighted by molar-refractivity contribution is 0.418. The molecule has 0 bridgehead atoms. The van der Waals surface area contributed by atoms with Crippen LogP contribution < -0.4 is 4.74 Å². The molecule has 0 aliphatic carbocycles. The van der Waals surface area contributed by atoms with E-state index in [2.05, 4.69) is 53.3 Å². The number of imidazole rings is 1. The highest BCUT2D eigenvalue weighted by atomic mass is 32.2. The quantitative estimate of drug-likeness (QED) is 0.404. The number of hydrogen-bond donors (Lipinski definition) is 1. The van der Waals surface area contributed by atoms with Gasteiger partial charge in [-0.15, -0.1) is 0 Å². The summed E-state index contributed by atoms with van der Waals surface area (Å²) in [7, 11) is 1.68. The van der Waals surface area contributed by atoms with Gasteiger partial charge in [-0.3, -0.25) is 0 Å². The van der Waals surface area contributed by atoms with Gasteiger partial charge >= 0.3 is 0 Å². The predicted octanol–water partition coefficient (Wildman–Crippen LogP) is 5.11. The zero-order chi connectivity index (χ0) is 20.7. The van der Waals surface area contributed by atoms with Crippen LogP contribution >= 0.6 is 11.8 Å². The fourth-order valence-corrected chi connectivity index (χ4v) is 4.68. The minimum atomic E-state index is -0.104. The third-order valence-corrected chi connectivity index (χ3v) is 6.25. The largest absolute Gasteiger partial charge is 0.494 e. The van der Waals surface area contributed by atoms with Crippen molar-refractivity contribution in [3.8, 4) is 5.75 Å². The number of aromatic nitrogens is 5. The molecule has 0 radical (unpaired) electrons. The number of hydrogen-bond acceptors (Lipinski definition) is 5. The lowest BCUT2D eigenvalue weighted by Gasteiger charge is -2.18. The molecular formula is C23H21N5OS. The second kappa shape index (κ2) is 7.50. The topological polar surface area (TPSA) is 68.1 Å². The molecule has 5 aromatic rings.